The quantitative estimate of drug-likeness (QED) is 0.620. The molecule has 0 saturated carbocycles. The first-order chi connectivity index (χ1) is 10.0. The molecule has 108 valence electrons. The van der Waals surface area contributed by atoms with Gasteiger partial charge in [0.05, 0.1) is 5.88 Å². The molecular weight excluding hydrogens is 364 g/mol. The van der Waals surface area contributed by atoms with E-state index in [0.717, 1.165) is 5.56 Å². The smallest absolute Gasteiger partial charge is 0.164 e. The van der Waals surface area contributed by atoms with Gasteiger partial charge in [0.15, 0.2) is 17.3 Å². The van der Waals surface area contributed by atoms with Crippen LogP contribution in [-0.2, 0) is 5.88 Å². The molecule has 0 aliphatic rings. The molecule has 0 aliphatic carbocycles. The highest BCUT2D eigenvalue weighted by atomic mass is 79.9. The van der Waals surface area contributed by atoms with E-state index in [4.69, 9.17) is 11.6 Å². The second-order valence-corrected chi connectivity index (χ2v) is 5.75. The van der Waals surface area contributed by atoms with E-state index in [1.54, 1.807) is 12.3 Å². The van der Waals surface area contributed by atoms with Crippen molar-refractivity contribution < 1.29 is 8.78 Å². The number of hydrogen-bond donors (Lipinski definition) is 0. The molecule has 3 nitrogen and oxygen atoms in total. The molecule has 21 heavy (non-hydrogen) atoms. The average Bonchev–Trinajstić information content (AvgIpc) is 2.75. The minimum Gasteiger partial charge on any atom is -0.274 e. The highest BCUT2D eigenvalue weighted by Gasteiger charge is 2.20. The van der Waals surface area contributed by atoms with E-state index in [9.17, 15) is 8.78 Å². The van der Waals surface area contributed by atoms with E-state index in [1.807, 2.05) is 6.92 Å². The molecule has 0 amide bonds. The molecule has 1 aromatic carbocycles. The summed E-state index contributed by atoms with van der Waals surface area (Å²) < 4.78 is 30.1. The van der Waals surface area contributed by atoms with Crippen LogP contribution < -0.4 is 0 Å². The molecule has 0 N–H and O–H groups in total. The van der Waals surface area contributed by atoms with Crippen LogP contribution in [0.4, 0.5) is 8.78 Å². The van der Waals surface area contributed by atoms with E-state index in [2.05, 4.69) is 25.9 Å². The number of halogens is 4. The highest BCUT2D eigenvalue weighted by Crippen LogP contribution is 2.28. The molecule has 0 saturated heterocycles. The van der Waals surface area contributed by atoms with Crippen molar-refractivity contribution in [2.75, 3.05) is 0 Å². The van der Waals surface area contributed by atoms with Crippen LogP contribution in [0.2, 0.25) is 0 Å². The number of benzene rings is 1. The Kier molecular flexibility index (Phi) is 3.67. The number of imidazole rings is 1. The first-order valence-corrected chi connectivity index (χ1v) is 7.39. The van der Waals surface area contributed by atoms with Gasteiger partial charge in [-0.25, -0.2) is 18.7 Å². The third kappa shape index (κ3) is 2.42. The lowest BCUT2D eigenvalue weighted by molar-refractivity contribution is 0.567. The number of aryl methyl sites for hydroxylation is 1. The molecule has 0 aliphatic heterocycles. The SMILES string of the molecule is Cc1cnc2c(c1)nc(CCl)n2-c1c(F)cc(Br)cc1F. The van der Waals surface area contributed by atoms with Crippen molar-refractivity contribution in [3.63, 3.8) is 0 Å². The number of fused-ring (bicyclic) bond motifs is 1. The van der Waals surface area contributed by atoms with Crippen LogP contribution in [0, 0.1) is 18.6 Å². The van der Waals surface area contributed by atoms with E-state index < -0.39 is 11.6 Å². The Bertz CT molecular complexity index is 825. The van der Waals surface area contributed by atoms with Gasteiger partial charge in [0.2, 0.25) is 0 Å². The molecule has 0 fully saturated rings. The molecule has 0 unspecified atom stereocenters. The van der Waals surface area contributed by atoms with Gasteiger partial charge in [0, 0.05) is 10.7 Å². The topological polar surface area (TPSA) is 30.7 Å². The largest absolute Gasteiger partial charge is 0.274 e. The highest BCUT2D eigenvalue weighted by molar-refractivity contribution is 9.10. The zero-order valence-electron chi connectivity index (χ0n) is 10.9. The lowest BCUT2D eigenvalue weighted by Gasteiger charge is -2.10. The second kappa shape index (κ2) is 5.35. The van der Waals surface area contributed by atoms with Crippen LogP contribution in [0.1, 0.15) is 11.4 Å². The molecular formula is C14H9BrClF2N3. The van der Waals surface area contributed by atoms with Crippen LogP contribution in [0.15, 0.2) is 28.9 Å². The van der Waals surface area contributed by atoms with Gasteiger partial charge in [0.25, 0.3) is 0 Å². The van der Waals surface area contributed by atoms with Gasteiger partial charge < -0.3 is 0 Å². The van der Waals surface area contributed by atoms with E-state index >= 15 is 0 Å². The maximum absolute atomic E-state index is 14.2. The predicted octanol–water partition coefficient (Wildman–Crippen LogP) is 4.51. The van der Waals surface area contributed by atoms with Crippen LogP contribution in [-0.4, -0.2) is 14.5 Å². The fraction of sp³-hybridized carbons (Fsp3) is 0.143. The Labute approximate surface area is 132 Å². The third-order valence-corrected chi connectivity index (χ3v) is 3.73. The fourth-order valence-corrected chi connectivity index (χ4v) is 2.77. The summed E-state index contributed by atoms with van der Waals surface area (Å²) in [5, 5.41) is 0. The number of hydrogen-bond acceptors (Lipinski definition) is 2. The summed E-state index contributed by atoms with van der Waals surface area (Å²) in [5.74, 6) is -1.07. The number of pyridine rings is 1. The normalized spacial score (nSPS) is 11.3. The van der Waals surface area contributed by atoms with Gasteiger partial charge in [-0.1, -0.05) is 15.9 Å². The predicted molar refractivity (Wildman–Crippen MR) is 80.8 cm³/mol. The van der Waals surface area contributed by atoms with Crippen LogP contribution >= 0.6 is 27.5 Å². The number of rotatable bonds is 2. The van der Waals surface area contributed by atoms with Crippen molar-refractivity contribution in [1.29, 1.82) is 0 Å². The molecule has 2 aromatic heterocycles. The maximum atomic E-state index is 14.2. The molecule has 0 bridgehead atoms. The van der Waals surface area contributed by atoms with Crippen molar-refractivity contribution in [3.05, 3.63) is 51.9 Å². The Hall–Kier alpha value is -1.53. The van der Waals surface area contributed by atoms with Crippen molar-refractivity contribution >= 4 is 38.7 Å². The number of alkyl halides is 1. The van der Waals surface area contributed by atoms with Crippen molar-refractivity contribution in [2.24, 2.45) is 0 Å². The first-order valence-electron chi connectivity index (χ1n) is 6.06. The molecule has 2 heterocycles. The second-order valence-electron chi connectivity index (χ2n) is 4.57. The lowest BCUT2D eigenvalue weighted by Crippen LogP contribution is -2.06. The van der Waals surface area contributed by atoms with Crippen molar-refractivity contribution in [2.45, 2.75) is 12.8 Å². The zero-order chi connectivity index (χ0) is 15.1. The van der Waals surface area contributed by atoms with Gasteiger partial charge in [-0.05, 0) is 30.7 Å². The van der Waals surface area contributed by atoms with Crippen LogP contribution in [0.5, 0.6) is 0 Å². The Morgan fingerprint density at radius 2 is 1.90 bits per heavy atom. The van der Waals surface area contributed by atoms with Gasteiger partial charge in [-0.2, -0.15) is 0 Å². The number of aromatic nitrogens is 3. The van der Waals surface area contributed by atoms with Gasteiger partial charge >= 0.3 is 0 Å². The average molecular weight is 373 g/mol. The summed E-state index contributed by atoms with van der Waals surface area (Å²) in [7, 11) is 0. The van der Waals surface area contributed by atoms with E-state index in [-0.39, 0.29) is 11.6 Å². The first kappa shape index (κ1) is 14.4. The third-order valence-electron chi connectivity index (χ3n) is 3.03. The number of nitrogens with zero attached hydrogens (tertiary/aromatic N) is 3. The van der Waals surface area contributed by atoms with Crippen LogP contribution in [0.3, 0.4) is 0 Å². The molecule has 3 rings (SSSR count). The van der Waals surface area contributed by atoms with Crippen molar-refractivity contribution in [1.82, 2.24) is 14.5 Å². The minimum atomic E-state index is -0.713. The summed E-state index contributed by atoms with van der Waals surface area (Å²) in [4.78, 5) is 8.52. The standard InChI is InChI=1S/C14H9BrClF2N3/c1-7-2-11-14(19-6-7)21(12(5-16)20-11)13-9(17)3-8(15)4-10(13)18/h2-4,6H,5H2,1H3. The van der Waals surface area contributed by atoms with Gasteiger partial charge in [0.1, 0.15) is 17.0 Å². The summed E-state index contributed by atoms with van der Waals surface area (Å²) in [6.45, 7) is 1.87. The summed E-state index contributed by atoms with van der Waals surface area (Å²) in [6.07, 6.45) is 1.62. The zero-order valence-corrected chi connectivity index (χ0v) is 13.2. The molecule has 0 radical (unpaired) electrons. The maximum Gasteiger partial charge on any atom is 0.164 e. The summed E-state index contributed by atoms with van der Waals surface area (Å²) in [6, 6.07) is 4.18. The Balaban J connectivity index is 2.39. The minimum absolute atomic E-state index is 0.0182. The summed E-state index contributed by atoms with van der Waals surface area (Å²) >= 11 is 8.92. The monoisotopic (exact) mass is 371 g/mol. The van der Waals surface area contributed by atoms with E-state index in [0.29, 0.717) is 21.5 Å². The molecule has 0 spiro atoms. The van der Waals surface area contributed by atoms with Gasteiger partial charge in [-0.15, -0.1) is 11.6 Å². The Morgan fingerprint density at radius 1 is 1.24 bits per heavy atom. The lowest BCUT2D eigenvalue weighted by atomic mass is 10.2. The fourth-order valence-electron chi connectivity index (χ4n) is 2.19. The Morgan fingerprint density at radius 3 is 2.52 bits per heavy atom. The van der Waals surface area contributed by atoms with Crippen LogP contribution in [0.25, 0.3) is 16.9 Å². The van der Waals surface area contributed by atoms with E-state index in [1.165, 1.54) is 16.7 Å². The molecule has 7 heteroatoms. The molecule has 3 aromatic rings. The van der Waals surface area contributed by atoms with Crippen molar-refractivity contribution in [3.8, 4) is 5.69 Å². The molecule has 0 atom stereocenters. The summed E-state index contributed by atoms with van der Waals surface area (Å²) in [5.41, 5.74) is 1.60. The van der Waals surface area contributed by atoms with Gasteiger partial charge in [-0.3, -0.25) is 4.57 Å².